The molecule has 1 N–H and O–H groups in total. The van der Waals surface area contributed by atoms with Gasteiger partial charge in [-0.2, -0.15) is 0 Å². The molecule has 5 nitrogen and oxygen atoms in total. The Kier molecular flexibility index (Phi) is 4.78. The average Bonchev–Trinajstić information content (AvgIpc) is 2.50. The van der Waals surface area contributed by atoms with Crippen molar-refractivity contribution in [2.24, 2.45) is 5.92 Å². The average molecular weight is 276 g/mol. The summed E-state index contributed by atoms with van der Waals surface area (Å²) in [6.07, 6.45) is 2.02. The van der Waals surface area contributed by atoms with Gasteiger partial charge in [0.15, 0.2) is 0 Å². The van der Waals surface area contributed by atoms with Crippen LogP contribution < -0.4 is 5.32 Å². The second-order valence-corrected chi connectivity index (χ2v) is 7.58. The molecule has 6 heteroatoms. The van der Waals surface area contributed by atoms with E-state index in [0.717, 1.165) is 6.42 Å². The molecule has 0 spiro atoms. The Morgan fingerprint density at radius 3 is 2.39 bits per heavy atom. The summed E-state index contributed by atoms with van der Waals surface area (Å²) in [5.41, 5.74) is 0. The van der Waals surface area contributed by atoms with Crippen LogP contribution in [0.4, 0.5) is 0 Å². The topological polar surface area (TPSA) is 66.5 Å². The molecule has 0 aromatic carbocycles. The number of nitrogens with one attached hydrogen (secondary N) is 1. The summed E-state index contributed by atoms with van der Waals surface area (Å²) in [5.74, 6) is 0.293. The third-order valence-corrected chi connectivity index (χ3v) is 4.68. The second-order valence-electron chi connectivity index (χ2n) is 5.39. The number of amides is 1. The number of carbonyl (C=O) groups is 1. The van der Waals surface area contributed by atoms with E-state index in [0.29, 0.717) is 0 Å². The van der Waals surface area contributed by atoms with Gasteiger partial charge in [0, 0.05) is 12.3 Å². The van der Waals surface area contributed by atoms with Crippen molar-refractivity contribution in [3.63, 3.8) is 0 Å². The van der Waals surface area contributed by atoms with Crippen molar-refractivity contribution >= 4 is 15.7 Å². The van der Waals surface area contributed by atoms with Gasteiger partial charge in [0.25, 0.3) is 0 Å². The molecule has 1 aliphatic heterocycles. The minimum absolute atomic E-state index is 0.0119. The summed E-state index contributed by atoms with van der Waals surface area (Å²) in [5, 5.41) is 3.25. The molecule has 1 heterocycles. The molecule has 1 amide bonds. The minimum Gasteiger partial charge on any atom is -0.322 e. The van der Waals surface area contributed by atoms with E-state index in [4.69, 9.17) is 0 Å². The van der Waals surface area contributed by atoms with Gasteiger partial charge in [-0.3, -0.25) is 10.1 Å². The van der Waals surface area contributed by atoms with Gasteiger partial charge in [-0.05, 0) is 19.8 Å². The SMILES string of the molecule is CCC(C)C1NC(C)N(C(C)CS(C)(=O)=O)C1=O. The first-order valence-corrected chi connectivity index (χ1v) is 8.49. The van der Waals surface area contributed by atoms with Crippen LogP contribution in [-0.2, 0) is 14.6 Å². The Morgan fingerprint density at radius 1 is 1.39 bits per heavy atom. The van der Waals surface area contributed by atoms with Crippen molar-refractivity contribution in [2.75, 3.05) is 12.0 Å². The molecule has 0 bridgehead atoms. The maximum absolute atomic E-state index is 12.3. The summed E-state index contributed by atoms with van der Waals surface area (Å²) >= 11 is 0. The van der Waals surface area contributed by atoms with Crippen molar-refractivity contribution in [1.29, 1.82) is 0 Å². The monoisotopic (exact) mass is 276 g/mol. The number of hydrogen-bond donors (Lipinski definition) is 1. The first-order chi connectivity index (χ1) is 8.17. The summed E-state index contributed by atoms with van der Waals surface area (Å²) in [7, 11) is -3.07. The normalized spacial score (nSPS) is 28.5. The number of nitrogens with zero attached hydrogens (tertiary/aromatic N) is 1. The Morgan fingerprint density at radius 2 is 1.94 bits per heavy atom. The standard InChI is InChI=1S/C12H24N2O3S/c1-6-8(2)11-12(15)14(10(4)13-11)9(3)7-18(5,16)17/h8-11,13H,6-7H2,1-5H3. The van der Waals surface area contributed by atoms with Crippen LogP contribution in [0.3, 0.4) is 0 Å². The summed E-state index contributed by atoms with van der Waals surface area (Å²) in [4.78, 5) is 14.0. The summed E-state index contributed by atoms with van der Waals surface area (Å²) in [6.45, 7) is 7.77. The fraction of sp³-hybridized carbons (Fsp3) is 0.917. The van der Waals surface area contributed by atoms with E-state index >= 15 is 0 Å². The maximum Gasteiger partial charge on any atom is 0.241 e. The highest BCUT2D eigenvalue weighted by atomic mass is 32.2. The molecule has 106 valence electrons. The van der Waals surface area contributed by atoms with Crippen LogP contribution in [0.2, 0.25) is 0 Å². The lowest BCUT2D eigenvalue weighted by Crippen LogP contribution is -2.44. The molecule has 0 radical (unpaired) electrons. The molecule has 1 aliphatic rings. The molecule has 4 unspecified atom stereocenters. The van der Waals surface area contributed by atoms with Crippen molar-refractivity contribution in [3.05, 3.63) is 0 Å². The van der Waals surface area contributed by atoms with Gasteiger partial charge in [-0.25, -0.2) is 8.42 Å². The summed E-state index contributed by atoms with van der Waals surface area (Å²) < 4.78 is 22.6. The lowest BCUT2D eigenvalue weighted by Gasteiger charge is -2.27. The van der Waals surface area contributed by atoms with Crippen LogP contribution in [-0.4, -0.2) is 49.5 Å². The van der Waals surface area contributed by atoms with Crippen molar-refractivity contribution in [1.82, 2.24) is 10.2 Å². The van der Waals surface area contributed by atoms with E-state index in [-0.39, 0.29) is 35.8 Å². The number of rotatable bonds is 5. The molecule has 0 aromatic heterocycles. The zero-order valence-electron chi connectivity index (χ0n) is 11.8. The van der Waals surface area contributed by atoms with Gasteiger partial charge in [-0.15, -0.1) is 0 Å². The number of hydrogen-bond acceptors (Lipinski definition) is 4. The first kappa shape index (κ1) is 15.4. The van der Waals surface area contributed by atoms with Gasteiger partial charge in [0.2, 0.25) is 5.91 Å². The molecule has 0 aromatic rings. The van der Waals surface area contributed by atoms with Crippen molar-refractivity contribution in [2.45, 2.75) is 52.4 Å². The largest absolute Gasteiger partial charge is 0.322 e. The van der Waals surface area contributed by atoms with Gasteiger partial charge in [0.1, 0.15) is 9.84 Å². The molecular formula is C12H24N2O3S. The van der Waals surface area contributed by atoms with Crippen molar-refractivity contribution < 1.29 is 13.2 Å². The Hall–Kier alpha value is -0.620. The van der Waals surface area contributed by atoms with E-state index in [1.54, 1.807) is 11.8 Å². The number of sulfone groups is 1. The Bertz CT molecular complexity index is 408. The lowest BCUT2D eigenvalue weighted by atomic mass is 9.99. The van der Waals surface area contributed by atoms with Gasteiger partial charge in [0.05, 0.1) is 18.0 Å². The molecule has 1 rings (SSSR count). The molecular weight excluding hydrogens is 252 g/mol. The van der Waals surface area contributed by atoms with E-state index < -0.39 is 9.84 Å². The molecule has 1 fully saturated rings. The van der Waals surface area contributed by atoms with Gasteiger partial charge in [-0.1, -0.05) is 20.3 Å². The molecule has 4 atom stereocenters. The van der Waals surface area contributed by atoms with Gasteiger partial charge >= 0.3 is 0 Å². The third kappa shape index (κ3) is 3.45. The quantitative estimate of drug-likeness (QED) is 0.799. The maximum atomic E-state index is 12.3. The predicted molar refractivity (Wildman–Crippen MR) is 71.9 cm³/mol. The van der Waals surface area contributed by atoms with E-state index in [1.807, 2.05) is 20.8 Å². The Labute approximate surface area is 110 Å². The van der Waals surface area contributed by atoms with Crippen molar-refractivity contribution in [3.8, 4) is 0 Å². The van der Waals surface area contributed by atoms with E-state index in [1.165, 1.54) is 6.26 Å². The molecule has 0 saturated carbocycles. The minimum atomic E-state index is -3.07. The predicted octanol–water partition coefficient (Wildman–Crippen LogP) is 0.612. The smallest absolute Gasteiger partial charge is 0.241 e. The zero-order chi connectivity index (χ0) is 14.1. The zero-order valence-corrected chi connectivity index (χ0v) is 12.6. The molecule has 0 aliphatic carbocycles. The lowest BCUT2D eigenvalue weighted by molar-refractivity contribution is -0.132. The highest BCUT2D eigenvalue weighted by Gasteiger charge is 2.41. The second kappa shape index (κ2) is 5.57. The van der Waals surface area contributed by atoms with E-state index in [9.17, 15) is 13.2 Å². The fourth-order valence-electron chi connectivity index (χ4n) is 2.52. The highest BCUT2D eigenvalue weighted by molar-refractivity contribution is 7.90. The van der Waals surface area contributed by atoms with Gasteiger partial charge < -0.3 is 4.90 Å². The highest BCUT2D eigenvalue weighted by Crippen LogP contribution is 2.21. The summed E-state index contributed by atoms with van der Waals surface area (Å²) in [6, 6.07) is -0.476. The first-order valence-electron chi connectivity index (χ1n) is 6.43. The molecule has 18 heavy (non-hydrogen) atoms. The fourth-order valence-corrected chi connectivity index (χ4v) is 3.56. The Balaban J connectivity index is 2.81. The molecule has 1 saturated heterocycles. The van der Waals surface area contributed by atoms with Crippen LogP contribution in [0.15, 0.2) is 0 Å². The number of carbonyl (C=O) groups excluding carboxylic acids is 1. The van der Waals surface area contributed by atoms with Crippen LogP contribution >= 0.6 is 0 Å². The third-order valence-electron chi connectivity index (χ3n) is 3.59. The van der Waals surface area contributed by atoms with Crippen LogP contribution in [0.1, 0.15) is 34.1 Å². The van der Waals surface area contributed by atoms with Crippen LogP contribution in [0.5, 0.6) is 0 Å². The van der Waals surface area contributed by atoms with E-state index in [2.05, 4.69) is 5.32 Å². The van der Waals surface area contributed by atoms with Crippen LogP contribution in [0, 0.1) is 5.92 Å². The van der Waals surface area contributed by atoms with Crippen LogP contribution in [0.25, 0.3) is 0 Å².